The van der Waals surface area contributed by atoms with E-state index < -0.39 is 17.5 Å². The number of halogens is 1. The van der Waals surface area contributed by atoms with E-state index in [1.54, 1.807) is 18.2 Å². The summed E-state index contributed by atoms with van der Waals surface area (Å²) in [6, 6.07) is 14.7. The van der Waals surface area contributed by atoms with E-state index in [1.165, 1.54) is 0 Å². The number of carbonyl (C=O) groups is 1. The Morgan fingerprint density at radius 2 is 1.87 bits per heavy atom. The molecule has 0 aliphatic carbocycles. The number of carboxylic acids is 1. The van der Waals surface area contributed by atoms with Crippen molar-refractivity contribution in [3.8, 4) is 5.75 Å². The van der Waals surface area contributed by atoms with Crippen LogP contribution in [0.5, 0.6) is 5.75 Å². The molecule has 1 aliphatic heterocycles. The fraction of sp³-hybridized carbons (Fsp3) is 0.261. The maximum absolute atomic E-state index is 14.3. The second-order valence-corrected chi connectivity index (χ2v) is 8.49. The average Bonchev–Trinajstić information content (AvgIpc) is 3.10. The van der Waals surface area contributed by atoms with Gasteiger partial charge in [-0.25, -0.2) is 14.2 Å². The molecule has 160 valence electrons. The Balaban J connectivity index is 1.57. The van der Waals surface area contributed by atoms with Crippen LogP contribution < -0.4 is 15.4 Å². The van der Waals surface area contributed by atoms with Crippen LogP contribution in [0.2, 0.25) is 0 Å². The molecular weight excluding hydrogens is 399 g/mol. The van der Waals surface area contributed by atoms with E-state index in [2.05, 4.69) is 41.4 Å². The fourth-order valence-corrected chi connectivity index (χ4v) is 3.37. The lowest BCUT2D eigenvalue weighted by atomic mass is 9.87. The van der Waals surface area contributed by atoms with E-state index in [0.717, 1.165) is 17.3 Å². The van der Waals surface area contributed by atoms with Gasteiger partial charge in [0.1, 0.15) is 5.75 Å². The predicted octanol–water partition coefficient (Wildman–Crippen LogP) is 4.48. The van der Waals surface area contributed by atoms with Gasteiger partial charge in [0.15, 0.2) is 11.6 Å². The minimum absolute atomic E-state index is 0.000202. The van der Waals surface area contributed by atoms with Crippen LogP contribution in [-0.4, -0.2) is 26.8 Å². The normalized spacial score (nSPS) is 17.5. The third kappa shape index (κ3) is 4.14. The molecule has 3 aromatic rings. The number of rotatable bonds is 5. The van der Waals surface area contributed by atoms with Crippen molar-refractivity contribution in [2.24, 2.45) is 0 Å². The van der Waals surface area contributed by atoms with Gasteiger partial charge in [-0.05, 0) is 29.2 Å². The van der Waals surface area contributed by atoms with Gasteiger partial charge in [-0.15, -0.1) is 0 Å². The van der Waals surface area contributed by atoms with E-state index >= 15 is 0 Å². The number of nitrogens with zero attached hydrogens (tertiary/aromatic N) is 2. The Labute approximate surface area is 179 Å². The number of aliphatic carboxylic acids is 1. The van der Waals surface area contributed by atoms with Crippen molar-refractivity contribution in [1.82, 2.24) is 9.97 Å². The van der Waals surface area contributed by atoms with Crippen LogP contribution in [0.25, 0.3) is 0 Å². The van der Waals surface area contributed by atoms with Crippen molar-refractivity contribution in [1.29, 1.82) is 0 Å². The standard InChI is InChI=1S/C23H23FN4O3/c1-22(2,3)15-8-10-16(11-9-15)26-19-17(24)13-25-21(27-19)28-23(20(29)30)12-14-6-4-5-7-18(14)31-23/h4-11,13H,12H2,1-3H3,(H,29,30)(H2,25,26,27,28). The van der Waals surface area contributed by atoms with E-state index in [4.69, 9.17) is 4.74 Å². The van der Waals surface area contributed by atoms with E-state index in [9.17, 15) is 14.3 Å². The summed E-state index contributed by atoms with van der Waals surface area (Å²) in [6.07, 6.45) is 1.06. The number of carboxylic acid groups (broad SMARTS) is 1. The van der Waals surface area contributed by atoms with Gasteiger partial charge in [-0.1, -0.05) is 51.1 Å². The smallest absolute Gasteiger partial charge is 0.370 e. The van der Waals surface area contributed by atoms with Crippen LogP contribution in [0.15, 0.2) is 54.7 Å². The number of fused-ring (bicyclic) bond motifs is 1. The minimum atomic E-state index is -1.77. The van der Waals surface area contributed by atoms with Gasteiger partial charge in [0.05, 0.1) is 6.20 Å². The molecule has 3 N–H and O–H groups in total. The van der Waals surface area contributed by atoms with Crippen molar-refractivity contribution in [2.75, 3.05) is 10.6 Å². The molecular formula is C23H23FN4O3. The molecule has 31 heavy (non-hydrogen) atoms. The molecule has 7 nitrogen and oxygen atoms in total. The highest BCUT2D eigenvalue weighted by atomic mass is 19.1. The zero-order valence-electron chi connectivity index (χ0n) is 17.4. The molecule has 1 atom stereocenters. The molecule has 0 amide bonds. The number of hydrogen-bond acceptors (Lipinski definition) is 6. The van der Waals surface area contributed by atoms with Crippen molar-refractivity contribution >= 4 is 23.4 Å². The summed E-state index contributed by atoms with van der Waals surface area (Å²) in [5, 5.41) is 15.5. The van der Waals surface area contributed by atoms with Crippen LogP contribution in [0.3, 0.4) is 0 Å². The summed E-state index contributed by atoms with van der Waals surface area (Å²) in [4.78, 5) is 20.1. The molecule has 1 aliphatic rings. The summed E-state index contributed by atoms with van der Waals surface area (Å²) in [5.74, 6) is -1.55. The third-order valence-corrected chi connectivity index (χ3v) is 5.11. The van der Waals surface area contributed by atoms with Crippen LogP contribution >= 0.6 is 0 Å². The molecule has 1 unspecified atom stereocenters. The lowest BCUT2D eigenvalue weighted by Crippen LogP contribution is -2.51. The Hall–Kier alpha value is -3.68. The Bertz CT molecular complexity index is 1100. The van der Waals surface area contributed by atoms with Gasteiger partial charge in [0.25, 0.3) is 5.72 Å². The van der Waals surface area contributed by atoms with Crippen molar-refractivity contribution < 1.29 is 19.0 Å². The lowest BCUT2D eigenvalue weighted by Gasteiger charge is -2.25. The predicted molar refractivity (Wildman–Crippen MR) is 115 cm³/mol. The summed E-state index contributed by atoms with van der Waals surface area (Å²) in [6.45, 7) is 6.33. The number of ether oxygens (including phenoxy) is 1. The van der Waals surface area contributed by atoms with Crippen molar-refractivity contribution in [3.05, 3.63) is 71.7 Å². The van der Waals surface area contributed by atoms with Crippen LogP contribution in [0.4, 0.5) is 21.8 Å². The van der Waals surface area contributed by atoms with Gasteiger partial charge in [-0.3, -0.25) is 0 Å². The van der Waals surface area contributed by atoms with E-state index in [-0.39, 0.29) is 23.6 Å². The highest BCUT2D eigenvalue weighted by Gasteiger charge is 2.47. The quantitative estimate of drug-likeness (QED) is 0.558. The summed E-state index contributed by atoms with van der Waals surface area (Å²) in [7, 11) is 0. The first-order chi connectivity index (χ1) is 14.7. The van der Waals surface area contributed by atoms with Crippen LogP contribution in [0, 0.1) is 5.82 Å². The van der Waals surface area contributed by atoms with E-state index in [0.29, 0.717) is 11.4 Å². The fourth-order valence-electron chi connectivity index (χ4n) is 3.37. The first-order valence-electron chi connectivity index (χ1n) is 9.85. The van der Waals surface area contributed by atoms with Crippen LogP contribution in [0.1, 0.15) is 31.9 Å². The van der Waals surface area contributed by atoms with Crippen molar-refractivity contribution in [3.63, 3.8) is 0 Å². The molecule has 4 rings (SSSR count). The molecule has 2 aromatic carbocycles. The number of para-hydroxylation sites is 1. The number of anilines is 3. The Morgan fingerprint density at radius 3 is 2.52 bits per heavy atom. The zero-order chi connectivity index (χ0) is 22.2. The summed E-state index contributed by atoms with van der Waals surface area (Å²) >= 11 is 0. The molecule has 2 heterocycles. The van der Waals surface area contributed by atoms with Gasteiger partial charge >= 0.3 is 5.97 Å². The first kappa shape index (κ1) is 20.6. The maximum Gasteiger partial charge on any atom is 0.370 e. The second-order valence-electron chi connectivity index (χ2n) is 8.49. The molecule has 0 bridgehead atoms. The van der Waals surface area contributed by atoms with Crippen LogP contribution in [-0.2, 0) is 16.6 Å². The minimum Gasteiger partial charge on any atom is -0.477 e. The zero-order valence-corrected chi connectivity index (χ0v) is 17.4. The SMILES string of the molecule is CC(C)(C)c1ccc(Nc2nc(NC3(C(=O)O)Cc4ccccc4O3)ncc2F)cc1. The molecule has 0 fully saturated rings. The van der Waals surface area contributed by atoms with Gasteiger partial charge < -0.3 is 20.5 Å². The summed E-state index contributed by atoms with van der Waals surface area (Å²) < 4.78 is 20.0. The number of hydrogen-bond donors (Lipinski definition) is 3. The molecule has 0 radical (unpaired) electrons. The number of benzene rings is 2. The van der Waals surface area contributed by atoms with Gasteiger partial charge in [0, 0.05) is 17.7 Å². The molecule has 1 aromatic heterocycles. The largest absolute Gasteiger partial charge is 0.477 e. The highest BCUT2D eigenvalue weighted by molar-refractivity contribution is 5.82. The monoisotopic (exact) mass is 422 g/mol. The summed E-state index contributed by atoms with van der Waals surface area (Å²) in [5.41, 5.74) is 0.767. The Kier molecular flexibility index (Phi) is 5.00. The second kappa shape index (κ2) is 7.54. The third-order valence-electron chi connectivity index (χ3n) is 5.11. The molecule has 0 spiro atoms. The first-order valence-corrected chi connectivity index (χ1v) is 9.85. The number of nitrogens with one attached hydrogen (secondary N) is 2. The topological polar surface area (TPSA) is 96.4 Å². The Morgan fingerprint density at radius 1 is 1.16 bits per heavy atom. The average molecular weight is 422 g/mol. The number of aromatic nitrogens is 2. The molecule has 0 saturated heterocycles. The molecule has 0 saturated carbocycles. The lowest BCUT2D eigenvalue weighted by molar-refractivity contribution is -0.151. The van der Waals surface area contributed by atoms with Gasteiger partial charge in [-0.2, -0.15) is 4.98 Å². The van der Waals surface area contributed by atoms with Crippen molar-refractivity contribution in [2.45, 2.75) is 38.3 Å². The maximum atomic E-state index is 14.3. The van der Waals surface area contributed by atoms with Gasteiger partial charge in [0.2, 0.25) is 5.95 Å². The molecule has 8 heteroatoms. The highest BCUT2D eigenvalue weighted by Crippen LogP contribution is 2.35. The van der Waals surface area contributed by atoms with E-state index in [1.807, 2.05) is 30.3 Å².